The third-order valence-corrected chi connectivity index (χ3v) is 22.9. The van der Waals surface area contributed by atoms with E-state index in [-0.39, 0.29) is 103 Å². The summed E-state index contributed by atoms with van der Waals surface area (Å²) in [5.41, 5.74) is 17.0. The molecule has 0 unspecified atom stereocenters. The monoisotopic (exact) mass is 1700 g/mol. The van der Waals surface area contributed by atoms with Gasteiger partial charge >= 0.3 is 0 Å². The normalized spacial score (nSPS) is 11.1. The SMILES string of the molecule is Oc1ccc(Cc2cc3c(O)c(Cc4ccc(O)cc4)cc(Cc4ccc(O)cc4)c3cc2O)cc1.Oc1ccc(Cc2cc3c(O)c(Cc4ccc(O)cc4)ccc3c(Cc3ccc(O)cc3)c2O)cc1.Oc1ccc(Cc2cc3c(O)cccc3c(Cc3ccc(O)cc3)c2O)cc1.Oc1ccc(Cc2ccc3c(O)ccc(Cc4ccc(O)cc4)c3c2O)cc1. The Balaban J connectivity index is 0.000000132. The van der Waals surface area contributed by atoms with Crippen LogP contribution >= 0.6 is 0 Å². The summed E-state index contributed by atoms with van der Waals surface area (Å²) in [6.07, 6.45) is 4.81. The molecule has 0 saturated carbocycles. The number of benzene rings is 18. The van der Waals surface area contributed by atoms with Crippen LogP contribution in [-0.2, 0) is 64.2 Å². The molecular formula is C110H92O18. The molecule has 0 amide bonds. The fraction of sp³-hybridized carbons (Fsp3) is 0.0909. The van der Waals surface area contributed by atoms with Crippen LogP contribution in [0.3, 0.4) is 0 Å². The van der Waals surface area contributed by atoms with Gasteiger partial charge in [0.1, 0.15) is 103 Å². The van der Waals surface area contributed by atoms with Crippen LogP contribution in [-0.4, -0.2) is 91.9 Å². The molecule has 18 aromatic carbocycles. The van der Waals surface area contributed by atoms with Gasteiger partial charge in [0.05, 0.1) is 0 Å². The summed E-state index contributed by atoms with van der Waals surface area (Å²) in [6, 6.07) is 94.1. The fourth-order valence-corrected chi connectivity index (χ4v) is 16.1. The molecule has 0 aliphatic rings. The zero-order chi connectivity index (χ0) is 89.8. The van der Waals surface area contributed by atoms with E-state index in [1.54, 1.807) is 170 Å². The van der Waals surface area contributed by atoms with E-state index in [1.807, 2.05) is 158 Å². The summed E-state index contributed by atoms with van der Waals surface area (Å²) in [7, 11) is 0. The number of aromatic hydroxyl groups is 18. The predicted octanol–water partition coefficient (Wildman–Crippen LogP) is 22.0. The molecule has 0 saturated heterocycles. The average molecular weight is 1700 g/mol. The Morgan fingerprint density at radius 1 is 0.133 bits per heavy atom. The largest absolute Gasteiger partial charge is 0.508 e. The zero-order valence-corrected chi connectivity index (χ0v) is 69.3. The second-order valence-electron chi connectivity index (χ2n) is 32.0. The highest BCUT2D eigenvalue weighted by Crippen LogP contribution is 2.45. The highest BCUT2D eigenvalue weighted by atomic mass is 16.3. The van der Waals surface area contributed by atoms with Gasteiger partial charge in [0.2, 0.25) is 0 Å². The smallest absolute Gasteiger partial charge is 0.127 e. The van der Waals surface area contributed by atoms with E-state index in [4.69, 9.17) is 0 Å². The lowest BCUT2D eigenvalue weighted by Gasteiger charge is -2.17. The van der Waals surface area contributed by atoms with E-state index in [0.717, 1.165) is 105 Å². The molecule has 18 heteroatoms. The minimum absolute atomic E-state index is 0.121. The molecule has 0 aromatic heterocycles. The molecule has 18 rings (SSSR count). The predicted molar refractivity (Wildman–Crippen MR) is 498 cm³/mol. The van der Waals surface area contributed by atoms with Gasteiger partial charge in [-0.15, -0.1) is 0 Å². The first kappa shape index (κ1) is 86.3. The molecule has 0 bridgehead atoms. The van der Waals surface area contributed by atoms with Gasteiger partial charge in [-0.1, -0.05) is 170 Å². The Hall–Kier alpha value is -16.6. The van der Waals surface area contributed by atoms with Gasteiger partial charge < -0.3 is 91.9 Å². The number of rotatable bonds is 20. The van der Waals surface area contributed by atoms with Crippen molar-refractivity contribution in [2.24, 2.45) is 0 Å². The third-order valence-electron chi connectivity index (χ3n) is 22.9. The van der Waals surface area contributed by atoms with Crippen molar-refractivity contribution in [3.05, 3.63) is 439 Å². The molecule has 0 heterocycles. The summed E-state index contributed by atoms with van der Waals surface area (Å²) >= 11 is 0. The lowest BCUT2D eigenvalue weighted by atomic mass is 9.90. The van der Waals surface area contributed by atoms with Crippen molar-refractivity contribution in [2.45, 2.75) is 64.2 Å². The molecule has 640 valence electrons. The van der Waals surface area contributed by atoms with E-state index in [0.29, 0.717) is 113 Å². The van der Waals surface area contributed by atoms with Crippen LogP contribution in [0.1, 0.15) is 111 Å². The van der Waals surface area contributed by atoms with Crippen molar-refractivity contribution in [2.75, 3.05) is 0 Å². The molecule has 0 fully saturated rings. The first-order chi connectivity index (χ1) is 61.7. The Morgan fingerprint density at radius 2 is 0.383 bits per heavy atom. The number of phenolic OH excluding ortho intramolecular Hbond substituents is 18. The topological polar surface area (TPSA) is 364 Å². The highest BCUT2D eigenvalue weighted by molar-refractivity contribution is 5.98. The molecule has 0 spiro atoms. The minimum atomic E-state index is 0.121. The van der Waals surface area contributed by atoms with Gasteiger partial charge in [-0.25, -0.2) is 0 Å². The van der Waals surface area contributed by atoms with Crippen molar-refractivity contribution >= 4 is 43.1 Å². The lowest BCUT2D eigenvalue weighted by Crippen LogP contribution is -1.98. The molecule has 0 aliphatic carbocycles. The van der Waals surface area contributed by atoms with Gasteiger partial charge in [-0.3, -0.25) is 0 Å². The second kappa shape index (κ2) is 38.4. The van der Waals surface area contributed by atoms with Crippen LogP contribution in [0.4, 0.5) is 0 Å². The Kier molecular flexibility index (Phi) is 25.9. The van der Waals surface area contributed by atoms with Crippen LogP contribution < -0.4 is 0 Å². The van der Waals surface area contributed by atoms with Crippen molar-refractivity contribution in [3.63, 3.8) is 0 Å². The average Bonchev–Trinajstić information content (AvgIpc) is 0.769. The minimum Gasteiger partial charge on any atom is -0.508 e. The van der Waals surface area contributed by atoms with Crippen molar-refractivity contribution in [1.82, 2.24) is 0 Å². The zero-order valence-electron chi connectivity index (χ0n) is 69.3. The molecule has 0 aliphatic heterocycles. The molecule has 18 N–H and O–H groups in total. The fourth-order valence-electron chi connectivity index (χ4n) is 16.1. The first-order valence-electron chi connectivity index (χ1n) is 41.4. The van der Waals surface area contributed by atoms with Gasteiger partial charge in [0.15, 0.2) is 0 Å². The number of phenols is 18. The van der Waals surface area contributed by atoms with E-state index in [9.17, 15) is 91.9 Å². The standard InChI is InChI=1S/2C31H26O5.2C24H20O4/c32-24-8-1-19(2-9-24)15-22-7-14-27-28(17-21-5-12-26(34)13-6-21)31(36)23(18-29(27)30(22)35)16-20-3-10-25(33)11-4-20;32-25-7-1-19(2-8-25)13-22-16-24(15-21-5-11-27(34)12-6-21)31(36)29-17-23(30(35)18-28(22)29)14-20-3-9-26(33)10-4-20;25-19-7-1-15(2-8-19)13-17-6-12-22(27)21-11-5-18(24(28)23(17)21)14-16-3-9-20(26)10-4-16;25-18-8-4-15(5-9-18)12-17-14-21-20(2-1-3-23(21)27)22(24(17)28)13-16-6-10-19(26)11-7-16/h1-14,18,32-36H,15-17H2;1-12,16-18,32-36H,13-15H2;1-12,25-28H,13-14H2;1-11,14,25-28H,12-13H2. The van der Waals surface area contributed by atoms with Gasteiger partial charge in [-0.05, 0) is 287 Å². The van der Waals surface area contributed by atoms with Crippen molar-refractivity contribution in [3.8, 4) is 103 Å². The summed E-state index contributed by atoms with van der Waals surface area (Å²) in [6.45, 7) is 0. The third kappa shape index (κ3) is 20.8. The van der Waals surface area contributed by atoms with E-state index in [2.05, 4.69) is 0 Å². The van der Waals surface area contributed by atoms with E-state index >= 15 is 0 Å². The Labute approximate surface area is 737 Å². The quantitative estimate of drug-likeness (QED) is 0.0337. The Bertz CT molecular complexity index is 6970. The molecule has 0 atom stereocenters. The lowest BCUT2D eigenvalue weighted by molar-refractivity contribution is 0.463. The van der Waals surface area contributed by atoms with Gasteiger partial charge in [-0.2, -0.15) is 0 Å². The molecule has 128 heavy (non-hydrogen) atoms. The van der Waals surface area contributed by atoms with E-state index in [1.165, 1.54) is 0 Å². The maximum Gasteiger partial charge on any atom is 0.127 e. The number of hydrogen-bond acceptors (Lipinski definition) is 18. The maximum absolute atomic E-state index is 11.3. The van der Waals surface area contributed by atoms with Crippen LogP contribution in [0, 0.1) is 0 Å². The van der Waals surface area contributed by atoms with Crippen LogP contribution in [0.5, 0.6) is 103 Å². The second-order valence-corrected chi connectivity index (χ2v) is 32.0. The summed E-state index contributed by atoms with van der Waals surface area (Å²) in [5, 5.41) is 189. The highest BCUT2D eigenvalue weighted by Gasteiger charge is 2.23. The maximum atomic E-state index is 11.3. The molecule has 18 nitrogen and oxygen atoms in total. The van der Waals surface area contributed by atoms with Crippen LogP contribution in [0.15, 0.2) is 328 Å². The number of fused-ring (bicyclic) bond motifs is 4. The molecular weight excluding hydrogens is 1610 g/mol. The summed E-state index contributed by atoms with van der Waals surface area (Å²) in [5.74, 6) is 3.11. The summed E-state index contributed by atoms with van der Waals surface area (Å²) < 4.78 is 0. The van der Waals surface area contributed by atoms with Gasteiger partial charge in [0, 0.05) is 89.4 Å². The van der Waals surface area contributed by atoms with Crippen molar-refractivity contribution in [1.29, 1.82) is 0 Å². The van der Waals surface area contributed by atoms with Crippen LogP contribution in [0.25, 0.3) is 43.1 Å². The van der Waals surface area contributed by atoms with Crippen molar-refractivity contribution < 1.29 is 91.9 Å². The summed E-state index contributed by atoms with van der Waals surface area (Å²) in [4.78, 5) is 0. The van der Waals surface area contributed by atoms with E-state index < -0.39 is 0 Å². The molecule has 0 radical (unpaired) electrons. The van der Waals surface area contributed by atoms with Gasteiger partial charge in [0.25, 0.3) is 0 Å². The first-order valence-corrected chi connectivity index (χ1v) is 41.4. The number of hydrogen-bond donors (Lipinski definition) is 18. The molecule has 18 aromatic rings. The Morgan fingerprint density at radius 3 is 0.750 bits per heavy atom. The van der Waals surface area contributed by atoms with Crippen LogP contribution in [0.2, 0.25) is 0 Å².